The van der Waals surface area contributed by atoms with Crippen LogP contribution in [-0.4, -0.2) is 27.7 Å². The zero-order valence-corrected chi connectivity index (χ0v) is 13.1. The molecule has 6 heteroatoms. The molecule has 1 rings (SSSR count). The normalized spacial score (nSPS) is 26.1. The van der Waals surface area contributed by atoms with Gasteiger partial charge in [0.05, 0.1) is 0 Å². The van der Waals surface area contributed by atoms with Crippen LogP contribution in [0.5, 0.6) is 0 Å². The molecule has 1 aliphatic rings. The first-order valence-corrected chi connectivity index (χ1v) is 12.5. The maximum absolute atomic E-state index is 6.33. The fraction of sp³-hybridized carbons (Fsp3) is 0.700. The van der Waals surface area contributed by atoms with Crippen LogP contribution < -0.4 is 11.1 Å². The molecule has 16 heavy (non-hydrogen) atoms. The van der Waals surface area contributed by atoms with Gasteiger partial charge in [-0.15, -0.1) is 0 Å². The number of nitrogens with two attached hydrogens (primary N) is 1. The first kappa shape index (κ1) is 13.5. The Kier molecular flexibility index (Phi) is 3.38. The molecule has 0 saturated heterocycles. The lowest BCUT2D eigenvalue weighted by atomic mass is 10.4. The molecule has 1 aliphatic heterocycles. The van der Waals surface area contributed by atoms with E-state index in [-0.39, 0.29) is 0 Å². The maximum atomic E-state index is 6.33. The Labute approximate surface area is 100 Å². The summed E-state index contributed by atoms with van der Waals surface area (Å²) in [5.74, 6) is 0. The van der Waals surface area contributed by atoms with Crippen LogP contribution in [0.15, 0.2) is 17.3 Å². The third-order valence-corrected chi connectivity index (χ3v) is 5.92. The van der Waals surface area contributed by atoms with Gasteiger partial charge in [0.1, 0.15) is 13.4 Å². The summed E-state index contributed by atoms with van der Waals surface area (Å²) in [5.41, 5.74) is 6.33. The minimum absolute atomic E-state index is 0.562. The number of nitrogens with zero attached hydrogens (tertiary/aromatic N) is 1. The molecule has 3 N–H and O–H groups in total. The SMILES string of the molecule is C[Si](C)(C)OC1=NC(N)([Si](C)(C)C)C=CN1. The van der Waals surface area contributed by atoms with Gasteiger partial charge in [-0.3, -0.25) is 0 Å². The van der Waals surface area contributed by atoms with Crippen molar-refractivity contribution < 1.29 is 4.43 Å². The zero-order valence-electron chi connectivity index (χ0n) is 11.1. The first-order chi connectivity index (χ1) is 7.04. The standard InChI is InChI=1S/C10H23N3OSi2/c1-15(2,3)10(11)7-8-12-9(13-10)14-16(4,5)6/h7-8H,11H2,1-6H3,(H,12,13). The Hall–Kier alpha value is -0.596. The lowest BCUT2D eigenvalue weighted by Gasteiger charge is -2.37. The van der Waals surface area contributed by atoms with E-state index in [0.29, 0.717) is 6.02 Å². The number of hydrogen-bond donors (Lipinski definition) is 2. The smallest absolute Gasteiger partial charge is 0.276 e. The molecule has 92 valence electrons. The summed E-state index contributed by atoms with van der Waals surface area (Å²) >= 11 is 0. The highest BCUT2D eigenvalue weighted by molar-refractivity contribution is 6.79. The third kappa shape index (κ3) is 3.20. The molecule has 0 radical (unpaired) electrons. The summed E-state index contributed by atoms with van der Waals surface area (Å²) in [4.78, 5) is 4.54. The Morgan fingerprint density at radius 3 is 2.25 bits per heavy atom. The van der Waals surface area contributed by atoms with Crippen LogP contribution in [-0.2, 0) is 4.43 Å². The lowest BCUT2D eigenvalue weighted by Crippen LogP contribution is -2.59. The third-order valence-electron chi connectivity index (χ3n) is 2.44. The molecule has 0 amide bonds. The van der Waals surface area contributed by atoms with E-state index in [4.69, 9.17) is 10.2 Å². The van der Waals surface area contributed by atoms with Crippen molar-refractivity contribution in [3.8, 4) is 0 Å². The summed E-state index contributed by atoms with van der Waals surface area (Å²) in [6, 6.07) is 0.576. The second-order valence-electron chi connectivity index (χ2n) is 6.18. The predicted molar refractivity (Wildman–Crippen MR) is 74.4 cm³/mol. The maximum Gasteiger partial charge on any atom is 0.276 e. The molecular formula is C10H23N3OSi2. The average Bonchev–Trinajstić information content (AvgIpc) is 1.98. The Bertz CT molecular complexity index is 328. The van der Waals surface area contributed by atoms with Gasteiger partial charge in [-0.2, -0.15) is 0 Å². The average molecular weight is 257 g/mol. The number of rotatable bonds is 2. The molecule has 1 atom stereocenters. The topological polar surface area (TPSA) is 59.6 Å². The van der Waals surface area contributed by atoms with Gasteiger partial charge in [0.15, 0.2) is 0 Å². The van der Waals surface area contributed by atoms with Gasteiger partial charge in [0, 0.05) is 6.20 Å². The number of aliphatic imine (C=N–C) groups is 1. The van der Waals surface area contributed by atoms with Crippen LogP contribution in [0.2, 0.25) is 39.3 Å². The second-order valence-corrected chi connectivity index (χ2v) is 15.9. The molecule has 0 aromatic rings. The van der Waals surface area contributed by atoms with Crippen LogP contribution in [0.25, 0.3) is 0 Å². The Morgan fingerprint density at radius 1 is 1.25 bits per heavy atom. The molecular weight excluding hydrogens is 234 g/mol. The molecule has 4 nitrogen and oxygen atoms in total. The zero-order chi connectivity index (χ0) is 12.6. The van der Waals surface area contributed by atoms with Crippen LogP contribution in [0.4, 0.5) is 0 Å². The number of hydrogen-bond acceptors (Lipinski definition) is 4. The fourth-order valence-corrected chi connectivity index (χ4v) is 2.94. The summed E-state index contributed by atoms with van der Waals surface area (Å²) in [7, 11) is -3.23. The largest absolute Gasteiger partial charge is 0.519 e. The van der Waals surface area contributed by atoms with Crippen molar-refractivity contribution in [2.24, 2.45) is 10.7 Å². The van der Waals surface area contributed by atoms with Crippen molar-refractivity contribution in [1.29, 1.82) is 0 Å². The monoisotopic (exact) mass is 257 g/mol. The summed E-state index contributed by atoms with van der Waals surface area (Å²) in [5, 5.41) is 2.46. The van der Waals surface area contributed by atoms with Gasteiger partial charge in [-0.1, -0.05) is 19.6 Å². The lowest BCUT2D eigenvalue weighted by molar-refractivity contribution is 0.508. The van der Waals surface area contributed by atoms with Gasteiger partial charge in [-0.25, -0.2) is 4.99 Å². The van der Waals surface area contributed by atoms with E-state index in [2.05, 4.69) is 49.6 Å². The highest BCUT2D eigenvalue weighted by Gasteiger charge is 2.40. The first-order valence-electron chi connectivity index (χ1n) is 5.55. The summed E-state index contributed by atoms with van der Waals surface area (Å²) in [6.07, 6.45) is 3.79. The van der Waals surface area contributed by atoms with E-state index in [1.165, 1.54) is 0 Å². The molecule has 0 saturated carbocycles. The Morgan fingerprint density at radius 2 is 1.81 bits per heavy atom. The van der Waals surface area contributed by atoms with Crippen LogP contribution in [0.3, 0.4) is 0 Å². The van der Waals surface area contributed by atoms with E-state index >= 15 is 0 Å². The highest BCUT2D eigenvalue weighted by atomic mass is 28.4. The van der Waals surface area contributed by atoms with Gasteiger partial charge in [0.25, 0.3) is 6.02 Å². The van der Waals surface area contributed by atoms with E-state index in [1.54, 1.807) is 0 Å². The molecule has 0 aliphatic carbocycles. The van der Waals surface area contributed by atoms with Gasteiger partial charge in [0.2, 0.25) is 8.32 Å². The fourth-order valence-electron chi connectivity index (χ4n) is 1.24. The minimum atomic E-state index is -1.63. The molecule has 0 aromatic carbocycles. The number of nitrogens with one attached hydrogen (secondary N) is 1. The van der Waals surface area contributed by atoms with Crippen LogP contribution in [0, 0.1) is 0 Å². The second kappa shape index (κ2) is 4.01. The number of amidine groups is 1. The van der Waals surface area contributed by atoms with Crippen molar-refractivity contribution in [2.45, 2.75) is 44.6 Å². The van der Waals surface area contributed by atoms with E-state index in [0.717, 1.165) is 0 Å². The van der Waals surface area contributed by atoms with Gasteiger partial charge < -0.3 is 15.5 Å². The molecule has 1 unspecified atom stereocenters. The van der Waals surface area contributed by atoms with Crippen LogP contribution in [0.1, 0.15) is 0 Å². The predicted octanol–water partition coefficient (Wildman–Crippen LogP) is 1.84. The molecule has 0 spiro atoms. The highest BCUT2D eigenvalue weighted by Crippen LogP contribution is 2.23. The van der Waals surface area contributed by atoms with Crippen molar-refractivity contribution in [3.05, 3.63) is 12.3 Å². The molecule has 1 heterocycles. The van der Waals surface area contributed by atoms with Gasteiger partial charge in [-0.05, 0) is 25.7 Å². The van der Waals surface area contributed by atoms with Crippen molar-refractivity contribution >= 4 is 22.4 Å². The van der Waals surface area contributed by atoms with Gasteiger partial charge >= 0.3 is 0 Å². The van der Waals surface area contributed by atoms with E-state index in [9.17, 15) is 0 Å². The van der Waals surface area contributed by atoms with Crippen LogP contribution >= 0.6 is 0 Å². The Balaban J connectivity index is 2.92. The van der Waals surface area contributed by atoms with Crippen molar-refractivity contribution in [3.63, 3.8) is 0 Å². The summed E-state index contributed by atoms with van der Waals surface area (Å²) in [6.45, 7) is 13.0. The molecule has 0 bridgehead atoms. The molecule has 0 aromatic heterocycles. The minimum Gasteiger partial charge on any atom is -0.519 e. The van der Waals surface area contributed by atoms with E-state index < -0.39 is 21.7 Å². The van der Waals surface area contributed by atoms with Crippen molar-refractivity contribution in [1.82, 2.24) is 5.32 Å². The molecule has 0 fully saturated rings. The van der Waals surface area contributed by atoms with Crippen molar-refractivity contribution in [2.75, 3.05) is 0 Å². The summed E-state index contributed by atoms with van der Waals surface area (Å²) < 4.78 is 5.84. The van der Waals surface area contributed by atoms with E-state index in [1.807, 2.05) is 12.3 Å². The quantitative estimate of drug-likeness (QED) is 0.742.